The molecule has 1 aliphatic carbocycles. The molecule has 0 aromatic carbocycles. The third-order valence-corrected chi connectivity index (χ3v) is 3.44. The molecule has 0 spiro atoms. The van der Waals surface area contributed by atoms with Crippen molar-refractivity contribution in [1.29, 1.82) is 0 Å². The van der Waals surface area contributed by atoms with Crippen molar-refractivity contribution >= 4 is 11.8 Å². The Kier molecular flexibility index (Phi) is 1.99. The lowest BCUT2D eigenvalue weighted by Crippen LogP contribution is -2.29. The Bertz CT molecular complexity index is 219. The second-order valence-electron chi connectivity index (χ2n) is 3.75. The molecule has 1 saturated carbocycles. The van der Waals surface area contributed by atoms with Crippen molar-refractivity contribution in [2.75, 3.05) is 20.0 Å². The zero-order chi connectivity index (χ0) is 8.72. The number of hydrogen-bond acceptors (Lipinski definition) is 3. The van der Waals surface area contributed by atoms with Gasteiger partial charge in [-0.25, -0.2) is 0 Å². The fourth-order valence-electron chi connectivity index (χ4n) is 1.73. The predicted molar refractivity (Wildman–Crippen MR) is 53.7 cm³/mol. The third kappa shape index (κ3) is 1.30. The van der Waals surface area contributed by atoms with Crippen LogP contribution in [-0.4, -0.2) is 35.8 Å². The van der Waals surface area contributed by atoms with Crippen LogP contribution in [0.15, 0.2) is 10.7 Å². The van der Waals surface area contributed by atoms with Gasteiger partial charge in [-0.3, -0.25) is 0 Å². The molecule has 0 bridgehead atoms. The van der Waals surface area contributed by atoms with E-state index in [1.807, 2.05) is 11.8 Å². The van der Waals surface area contributed by atoms with E-state index in [1.165, 1.54) is 29.4 Å². The predicted octanol–water partition coefficient (Wildman–Crippen LogP) is 1.91. The molecule has 1 heterocycles. The van der Waals surface area contributed by atoms with Gasteiger partial charge in [0.2, 0.25) is 0 Å². The van der Waals surface area contributed by atoms with Crippen molar-refractivity contribution in [3.63, 3.8) is 0 Å². The van der Waals surface area contributed by atoms with Crippen LogP contribution in [0.1, 0.15) is 19.8 Å². The van der Waals surface area contributed by atoms with Crippen LogP contribution in [0.2, 0.25) is 0 Å². The lowest BCUT2D eigenvalue weighted by atomic mass is 10.4. The number of nitrogens with zero attached hydrogens (tertiary/aromatic N) is 2. The van der Waals surface area contributed by atoms with Crippen LogP contribution in [0.25, 0.3) is 0 Å². The molecule has 12 heavy (non-hydrogen) atoms. The number of thioether (sulfide) groups is 1. The van der Waals surface area contributed by atoms with Gasteiger partial charge in [0.1, 0.15) is 5.82 Å². The minimum Gasteiger partial charge on any atom is -0.364 e. The highest BCUT2D eigenvalue weighted by Crippen LogP contribution is 2.40. The van der Waals surface area contributed by atoms with E-state index in [0.717, 1.165) is 6.04 Å². The summed E-state index contributed by atoms with van der Waals surface area (Å²) >= 11 is 1.97. The van der Waals surface area contributed by atoms with Crippen LogP contribution in [-0.2, 0) is 0 Å². The van der Waals surface area contributed by atoms with Gasteiger partial charge < -0.3 is 9.80 Å². The topological polar surface area (TPSA) is 6.48 Å². The molecule has 2 nitrogen and oxygen atoms in total. The summed E-state index contributed by atoms with van der Waals surface area (Å²) in [5.74, 6) is 2.62. The molecule has 0 atom stereocenters. The second kappa shape index (κ2) is 2.87. The first kappa shape index (κ1) is 8.30. The van der Waals surface area contributed by atoms with Crippen molar-refractivity contribution in [2.45, 2.75) is 25.8 Å². The van der Waals surface area contributed by atoms with E-state index in [9.17, 15) is 0 Å². The van der Waals surface area contributed by atoms with E-state index in [1.54, 1.807) is 0 Å². The molecule has 0 radical (unpaired) electrons. The van der Waals surface area contributed by atoms with Crippen molar-refractivity contribution in [3.8, 4) is 0 Å². The zero-order valence-electron chi connectivity index (χ0n) is 8.00. The molecular formula is C9H16N2S. The van der Waals surface area contributed by atoms with Crippen molar-refractivity contribution in [1.82, 2.24) is 9.80 Å². The first-order valence-corrected chi connectivity index (χ1v) is 5.46. The van der Waals surface area contributed by atoms with Gasteiger partial charge in [0.15, 0.2) is 0 Å². The Balaban J connectivity index is 2.16. The van der Waals surface area contributed by atoms with Gasteiger partial charge in [-0.2, -0.15) is 0 Å². The Morgan fingerprint density at radius 2 is 2.08 bits per heavy atom. The number of allylic oxidation sites excluding steroid dienone is 1. The smallest absolute Gasteiger partial charge is 0.114 e. The fourth-order valence-corrected chi connectivity index (χ4v) is 2.83. The third-order valence-electron chi connectivity index (χ3n) is 2.42. The summed E-state index contributed by atoms with van der Waals surface area (Å²) in [7, 11) is 4.28. The van der Waals surface area contributed by atoms with E-state index < -0.39 is 0 Å². The molecule has 0 saturated heterocycles. The summed E-state index contributed by atoms with van der Waals surface area (Å²) in [6, 6.07) is 0.854. The molecule has 1 aliphatic heterocycles. The van der Waals surface area contributed by atoms with E-state index in [2.05, 4.69) is 30.8 Å². The molecule has 0 aromatic rings. The molecule has 0 amide bonds. The number of rotatable bonds is 2. The fraction of sp³-hybridized carbons (Fsp3) is 0.778. The van der Waals surface area contributed by atoms with Crippen LogP contribution in [0, 0.1) is 0 Å². The lowest BCUT2D eigenvalue weighted by molar-refractivity contribution is 0.287. The maximum absolute atomic E-state index is 2.54. The molecular weight excluding hydrogens is 168 g/mol. The SMILES string of the molecule is CC1=C(N(C)C)N(C2CC2)CS1. The first-order chi connectivity index (χ1) is 5.70. The summed E-state index contributed by atoms with van der Waals surface area (Å²) in [4.78, 5) is 6.26. The van der Waals surface area contributed by atoms with Crippen molar-refractivity contribution in [2.24, 2.45) is 0 Å². The summed E-state index contributed by atoms with van der Waals surface area (Å²) in [6.45, 7) is 2.22. The Morgan fingerprint density at radius 1 is 1.42 bits per heavy atom. The quantitative estimate of drug-likeness (QED) is 0.647. The Hall–Kier alpha value is -0.310. The minimum absolute atomic E-state index is 0.854. The molecule has 0 aromatic heterocycles. The highest BCUT2D eigenvalue weighted by atomic mass is 32.2. The largest absolute Gasteiger partial charge is 0.364 e. The zero-order valence-corrected chi connectivity index (χ0v) is 8.82. The maximum atomic E-state index is 2.54. The average Bonchev–Trinajstić information content (AvgIpc) is 2.75. The number of hydrogen-bond donors (Lipinski definition) is 0. The Morgan fingerprint density at radius 3 is 2.58 bits per heavy atom. The van der Waals surface area contributed by atoms with Gasteiger partial charge in [0, 0.05) is 25.0 Å². The van der Waals surface area contributed by atoms with Gasteiger partial charge in [-0.05, 0) is 19.8 Å². The molecule has 0 unspecified atom stereocenters. The standard InChI is InChI=1S/C9H16N2S/c1-7-9(10(2)3)11(6-12-7)8-4-5-8/h8H,4-6H2,1-3H3. The van der Waals surface area contributed by atoms with Crippen molar-refractivity contribution in [3.05, 3.63) is 10.7 Å². The molecule has 2 aliphatic rings. The molecule has 0 N–H and O–H groups in total. The molecule has 1 fully saturated rings. The highest BCUT2D eigenvalue weighted by Gasteiger charge is 2.35. The van der Waals surface area contributed by atoms with Gasteiger partial charge in [-0.15, -0.1) is 11.8 Å². The summed E-state index contributed by atoms with van der Waals surface area (Å²) < 4.78 is 0. The summed E-state index contributed by atoms with van der Waals surface area (Å²) in [6.07, 6.45) is 2.79. The van der Waals surface area contributed by atoms with Crippen LogP contribution >= 0.6 is 11.8 Å². The minimum atomic E-state index is 0.854. The molecule has 68 valence electrons. The molecule has 2 rings (SSSR count). The van der Waals surface area contributed by atoms with Crippen LogP contribution in [0.3, 0.4) is 0 Å². The summed E-state index contributed by atoms with van der Waals surface area (Å²) in [5, 5.41) is 0. The maximum Gasteiger partial charge on any atom is 0.114 e. The van der Waals surface area contributed by atoms with Crippen LogP contribution in [0.5, 0.6) is 0 Å². The normalized spacial score (nSPS) is 23.8. The summed E-state index contributed by atoms with van der Waals surface area (Å²) in [5.41, 5.74) is 0. The van der Waals surface area contributed by atoms with E-state index in [4.69, 9.17) is 0 Å². The van der Waals surface area contributed by atoms with Crippen molar-refractivity contribution < 1.29 is 0 Å². The van der Waals surface area contributed by atoms with Gasteiger partial charge >= 0.3 is 0 Å². The second-order valence-corrected chi connectivity index (χ2v) is 4.91. The van der Waals surface area contributed by atoms with E-state index in [-0.39, 0.29) is 0 Å². The highest BCUT2D eigenvalue weighted by molar-refractivity contribution is 8.03. The van der Waals surface area contributed by atoms with Gasteiger partial charge in [0.25, 0.3) is 0 Å². The van der Waals surface area contributed by atoms with Crippen LogP contribution < -0.4 is 0 Å². The average molecular weight is 184 g/mol. The first-order valence-electron chi connectivity index (χ1n) is 4.48. The van der Waals surface area contributed by atoms with Gasteiger partial charge in [0.05, 0.1) is 5.88 Å². The van der Waals surface area contributed by atoms with E-state index >= 15 is 0 Å². The van der Waals surface area contributed by atoms with Gasteiger partial charge in [-0.1, -0.05) is 0 Å². The Labute approximate surface area is 78.6 Å². The molecule has 3 heteroatoms. The monoisotopic (exact) mass is 184 g/mol. The van der Waals surface area contributed by atoms with Crippen LogP contribution in [0.4, 0.5) is 0 Å². The van der Waals surface area contributed by atoms with E-state index in [0.29, 0.717) is 0 Å². The lowest BCUT2D eigenvalue weighted by Gasteiger charge is -2.26.